The van der Waals surface area contributed by atoms with Gasteiger partial charge in [0.1, 0.15) is 0 Å². The Balaban J connectivity index is 2.75. The van der Waals surface area contributed by atoms with Gasteiger partial charge < -0.3 is 0 Å². The van der Waals surface area contributed by atoms with E-state index in [0.29, 0.717) is 0 Å². The first kappa shape index (κ1) is 9.80. The van der Waals surface area contributed by atoms with Gasteiger partial charge >= 0.3 is 66.7 Å². The van der Waals surface area contributed by atoms with Crippen LogP contribution in [0.3, 0.4) is 0 Å². The minimum atomic E-state index is -0.785. The monoisotopic (exact) mass is 236 g/mol. The van der Waals surface area contributed by atoms with Gasteiger partial charge in [0.2, 0.25) is 0 Å². The van der Waals surface area contributed by atoms with Crippen molar-refractivity contribution in [3.8, 4) is 0 Å². The maximum absolute atomic E-state index is 2.51. The van der Waals surface area contributed by atoms with Gasteiger partial charge in [-0.2, -0.15) is 0 Å². The number of hydrogen-bond donors (Lipinski definition) is 0. The van der Waals surface area contributed by atoms with E-state index in [9.17, 15) is 0 Å². The zero-order valence-electron chi connectivity index (χ0n) is 7.11. The van der Waals surface area contributed by atoms with Crippen molar-refractivity contribution in [2.24, 2.45) is 0 Å². The molecule has 0 fully saturated rings. The molecule has 0 radical (unpaired) electrons. The third-order valence-electron chi connectivity index (χ3n) is 1.64. The van der Waals surface area contributed by atoms with E-state index in [2.05, 4.69) is 16.8 Å². The Morgan fingerprint density at radius 1 is 1.00 bits per heavy atom. The zero-order valence-corrected chi connectivity index (χ0v) is 10.4. The van der Waals surface area contributed by atoms with Crippen molar-refractivity contribution >= 4 is 19.8 Å². The molecule has 0 nitrogen and oxygen atoms in total. The summed E-state index contributed by atoms with van der Waals surface area (Å²) < 4.78 is 1.63. The summed E-state index contributed by atoms with van der Waals surface area (Å²) in [5.41, 5.74) is 0. The standard InChI is InChI=1S/C6H13.2CH3.Sn.H/c1-3-5-6-4-2;;;;/h1,3-6H2,2H3;2*1H3;;. The van der Waals surface area contributed by atoms with Crippen LogP contribution in [-0.2, 0) is 0 Å². The van der Waals surface area contributed by atoms with Gasteiger partial charge in [0.05, 0.1) is 0 Å². The third kappa shape index (κ3) is 8.80. The zero-order chi connectivity index (χ0) is 7.11. The summed E-state index contributed by atoms with van der Waals surface area (Å²) in [6.07, 6.45) is 5.86. The molecule has 0 atom stereocenters. The molecule has 0 aliphatic heterocycles. The molecule has 56 valence electrons. The Morgan fingerprint density at radius 3 is 2.11 bits per heavy atom. The first-order valence-electron chi connectivity index (χ1n) is 4.27. The molecule has 0 aromatic heterocycles. The Bertz CT molecular complexity index is 50.5. The Labute approximate surface area is 66.8 Å². The normalized spacial score (nSPS) is 10.7. The van der Waals surface area contributed by atoms with Crippen molar-refractivity contribution < 1.29 is 0 Å². The van der Waals surface area contributed by atoms with Crippen LogP contribution < -0.4 is 0 Å². The SMILES string of the molecule is CCCCC[CH2][SnH]([CH3])[CH3]. The molecule has 0 rings (SSSR count). The molecule has 0 N–H and O–H groups in total. The van der Waals surface area contributed by atoms with E-state index in [1.807, 2.05) is 0 Å². The summed E-state index contributed by atoms with van der Waals surface area (Å²) in [5, 5.41) is 0. The Kier molecular flexibility index (Phi) is 7.53. The predicted molar refractivity (Wildman–Crippen MR) is 47.8 cm³/mol. The molecular weight excluding hydrogens is 215 g/mol. The van der Waals surface area contributed by atoms with Gasteiger partial charge in [0, 0.05) is 0 Å². The van der Waals surface area contributed by atoms with Gasteiger partial charge in [-0.05, 0) is 0 Å². The van der Waals surface area contributed by atoms with E-state index in [-0.39, 0.29) is 0 Å². The second kappa shape index (κ2) is 6.91. The third-order valence-corrected chi connectivity index (χ3v) is 6.10. The topological polar surface area (TPSA) is 0 Å². The summed E-state index contributed by atoms with van der Waals surface area (Å²) in [6.45, 7) is 2.28. The predicted octanol–water partition coefficient (Wildman–Crippen LogP) is 3.05. The second-order valence-corrected chi connectivity index (χ2v) is 12.8. The summed E-state index contributed by atoms with van der Waals surface area (Å²) >= 11 is -0.785. The molecule has 0 aliphatic carbocycles. The van der Waals surface area contributed by atoms with Crippen LogP contribution in [0.5, 0.6) is 0 Å². The number of unbranched alkanes of at least 4 members (excludes halogenated alkanes) is 3. The van der Waals surface area contributed by atoms with Crippen LogP contribution in [0.25, 0.3) is 0 Å². The average molecular weight is 235 g/mol. The van der Waals surface area contributed by atoms with E-state index in [1.165, 1.54) is 25.7 Å². The molecule has 0 saturated carbocycles. The summed E-state index contributed by atoms with van der Waals surface area (Å²) in [7, 11) is 0. The summed E-state index contributed by atoms with van der Waals surface area (Å²) in [4.78, 5) is 5.02. The Morgan fingerprint density at radius 2 is 1.67 bits per heavy atom. The fourth-order valence-corrected chi connectivity index (χ4v) is 4.13. The molecule has 0 amide bonds. The van der Waals surface area contributed by atoms with Crippen molar-refractivity contribution in [3.63, 3.8) is 0 Å². The van der Waals surface area contributed by atoms with Crippen LogP contribution in [0.2, 0.25) is 14.3 Å². The van der Waals surface area contributed by atoms with Gasteiger partial charge in [-0.1, -0.05) is 0 Å². The fraction of sp³-hybridized carbons (Fsp3) is 1.00. The van der Waals surface area contributed by atoms with E-state index < -0.39 is 19.8 Å². The molecule has 0 aliphatic rings. The van der Waals surface area contributed by atoms with Crippen molar-refractivity contribution in [1.29, 1.82) is 0 Å². The van der Waals surface area contributed by atoms with E-state index in [4.69, 9.17) is 0 Å². The molecule has 9 heavy (non-hydrogen) atoms. The molecule has 0 aromatic rings. The second-order valence-electron chi connectivity index (χ2n) is 3.24. The first-order chi connectivity index (χ1) is 4.27. The van der Waals surface area contributed by atoms with Gasteiger partial charge in [0.25, 0.3) is 0 Å². The molecule has 0 aromatic carbocycles. The molecule has 0 saturated heterocycles. The van der Waals surface area contributed by atoms with Crippen molar-refractivity contribution in [2.75, 3.05) is 0 Å². The quantitative estimate of drug-likeness (QED) is 0.507. The van der Waals surface area contributed by atoms with Gasteiger partial charge in [0.15, 0.2) is 0 Å². The Hall–Kier alpha value is 0.799. The minimum absolute atomic E-state index is 0.785. The van der Waals surface area contributed by atoms with Crippen LogP contribution in [-0.4, -0.2) is 19.8 Å². The molecule has 0 heterocycles. The maximum atomic E-state index is 2.51. The van der Waals surface area contributed by atoms with Gasteiger partial charge in [-0.25, -0.2) is 0 Å². The van der Waals surface area contributed by atoms with Crippen LogP contribution in [0.4, 0.5) is 0 Å². The van der Waals surface area contributed by atoms with Crippen LogP contribution in [0.15, 0.2) is 0 Å². The molecule has 0 unspecified atom stereocenters. The van der Waals surface area contributed by atoms with E-state index in [1.54, 1.807) is 4.44 Å². The van der Waals surface area contributed by atoms with Gasteiger partial charge in [-0.15, -0.1) is 0 Å². The van der Waals surface area contributed by atoms with Crippen LogP contribution in [0.1, 0.15) is 32.6 Å². The van der Waals surface area contributed by atoms with Gasteiger partial charge in [-0.3, -0.25) is 0 Å². The van der Waals surface area contributed by atoms with Crippen molar-refractivity contribution in [3.05, 3.63) is 0 Å². The van der Waals surface area contributed by atoms with Crippen LogP contribution in [0, 0.1) is 0 Å². The summed E-state index contributed by atoms with van der Waals surface area (Å²) in [6, 6.07) is 0. The number of hydrogen-bond acceptors (Lipinski definition) is 0. The van der Waals surface area contributed by atoms with E-state index in [0.717, 1.165) is 0 Å². The molecule has 0 spiro atoms. The first-order valence-corrected chi connectivity index (χ1v) is 13.2. The molecule has 1 heteroatoms. The van der Waals surface area contributed by atoms with Crippen LogP contribution >= 0.6 is 0 Å². The van der Waals surface area contributed by atoms with Crippen molar-refractivity contribution in [1.82, 2.24) is 0 Å². The molecule has 0 bridgehead atoms. The van der Waals surface area contributed by atoms with E-state index >= 15 is 0 Å². The summed E-state index contributed by atoms with van der Waals surface area (Å²) in [5.74, 6) is 0. The van der Waals surface area contributed by atoms with Crippen molar-refractivity contribution in [2.45, 2.75) is 46.9 Å². The fourth-order valence-electron chi connectivity index (χ4n) is 0.979. The number of rotatable bonds is 5. The molecular formula is C8H20Sn. The average Bonchev–Trinajstić information content (AvgIpc) is 1.80.